The lowest BCUT2D eigenvalue weighted by molar-refractivity contribution is -0.112. The van der Waals surface area contributed by atoms with Crippen LogP contribution >= 0.6 is 0 Å². The maximum absolute atomic E-state index is 11.4. The number of amides is 1. The predicted octanol–water partition coefficient (Wildman–Crippen LogP) is 1.75. The molecule has 0 bridgehead atoms. The van der Waals surface area contributed by atoms with Crippen molar-refractivity contribution >= 4 is 11.6 Å². The van der Waals surface area contributed by atoms with Gasteiger partial charge in [0.1, 0.15) is 0 Å². The minimum atomic E-state index is -0.122. The average Bonchev–Trinajstić information content (AvgIpc) is 2.19. The zero-order chi connectivity index (χ0) is 10.4. The van der Waals surface area contributed by atoms with Crippen LogP contribution in [0.15, 0.2) is 42.1 Å². The summed E-state index contributed by atoms with van der Waals surface area (Å²) < 4.78 is 0. The minimum absolute atomic E-state index is 0.122. The molecule has 1 amide bonds. The largest absolute Gasteiger partial charge is 0.391 e. The van der Waals surface area contributed by atoms with E-state index in [0.29, 0.717) is 0 Å². The fraction of sp³-hybridized carbons (Fsp3) is 0.182. The molecule has 3 nitrogen and oxygen atoms in total. The van der Waals surface area contributed by atoms with E-state index < -0.39 is 0 Å². The lowest BCUT2D eigenvalue weighted by Gasteiger charge is -2.02. The first kappa shape index (κ1) is 10.3. The molecule has 0 aromatic heterocycles. The van der Waals surface area contributed by atoms with E-state index in [1.807, 2.05) is 37.3 Å². The molecule has 14 heavy (non-hydrogen) atoms. The molecule has 0 radical (unpaired) electrons. The maximum Gasteiger partial charge on any atom is 0.250 e. The second-order valence-corrected chi connectivity index (χ2v) is 2.93. The van der Waals surface area contributed by atoms with Crippen LogP contribution < -0.4 is 10.6 Å². The third-order valence-electron chi connectivity index (χ3n) is 1.78. The smallest absolute Gasteiger partial charge is 0.250 e. The molecule has 0 fully saturated rings. The van der Waals surface area contributed by atoms with Gasteiger partial charge in [0.15, 0.2) is 0 Å². The summed E-state index contributed by atoms with van der Waals surface area (Å²) in [6.07, 6.45) is 1.52. The first-order chi connectivity index (χ1) is 6.72. The van der Waals surface area contributed by atoms with Crippen LogP contribution in [0, 0.1) is 0 Å². The SMILES string of the molecule is CNC(C)=CC(=O)Nc1ccccc1. The van der Waals surface area contributed by atoms with Gasteiger partial charge in [-0.25, -0.2) is 0 Å². The van der Waals surface area contributed by atoms with Crippen molar-refractivity contribution in [2.24, 2.45) is 0 Å². The van der Waals surface area contributed by atoms with Gasteiger partial charge in [0.2, 0.25) is 5.91 Å². The third kappa shape index (κ3) is 3.31. The number of para-hydroxylation sites is 1. The Labute approximate surface area is 83.8 Å². The molecule has 2 N–H and O–H groups in total. The van der Waals surface area contributed by atoms with Gasteiger partial charge in [-0.2, -0.15) is 0 Å². The number of carbonyl (C=O) groups is 1. The van der Waals surface area contributed by atoms with Gasteiger partial charge in [-0.15, -0.1) is 0 Å². The van der Waals surface area contributed by atoms with Crippen LogP contribution in [0.4, 0.5) is 5.69 Å². The van der Waals surface area contributed by atoms with Crippen LogP contribution in [0.1, 0.15) is 6.92 Å². The fourth-order valence-electron chi connectivity index (χ4n) is 0.969. The van der Waals surface area contributed by atoms with Gasteiger partial charge in [-0.05, 0) is 19.1 Å². The van der Waals surface area contributed by atoms with Crippen molar-refractivity contribution in [3.05, 3.63) is 42.1 Å². The first-order valence-corrected chi connectivity index (χ1v) is 4.44. The van der Waals surface area contributed by atoms with Gasteiger partial charge in [0, 0.05) is 24.5 Å². The van der Waals surface area contributed by atoms with Gasteiger partial charge >= 0.3 is 0 Å². The highest BCUT2D eigenvalue weighted by molar-refractivity contribution is 5.99. The van der Waals surface area contributed by atoms with Gasteiger partial charge in [0.25, 0.3) is 0 Å². The van der Waals surface area contributed by atoms with Gasteiger partial charge in [0.05, 0.1) is 0 Å². The summed E-state index contributed by atoms with van der Waals surface area (Å²) >= 11 is 0. The predicted molar refractivity (Wildman–Crippen MR) is 57.9 cm³/mol. The Hall–Kier alpha value is -1.77. The summed E-state index contributed by atoms with van der Waals surface area (Å²) in [7, 11) is 1.78. The molecule has 0 aliphatic heterocycles. The van der Waals surface area contributed by atoms with E-state index in [1.165, 1.54) is 6.08 Å². The number of anilines is 1. The number of nitrogens with one attached hydrogen (secondary N) is 2. The molecule has 0 atom stereocenters. The van der Waals surface area contributed by atoms with Crippen molar-refractivity contribution in [3.8, 4) is 0 Å². The number of rotatable bonds is 3. The number of hydrogen-bond acceptors (Lipinski definition) is 2. The molecular formula is C11H14N2O. The Morgan fingerprint density at radius 3 is 2.50 bits per heavy atom. The lowest BCUT2D eigenvalue weighted by atomic mass is 10.3. The summed E-state index contributed by atoms with van der Waals surface area (Å²) in [5.74, 6) is -0.122. The maximum atomic E-state index is 11.4. The first-order valence-electron chi connectivity index (χ1n) is 4.44. The molecule has 0 saturated heterocycles. The zero-order valence-electron chi connectivity index (χ0n) is 8.37. The topological polar surface area (TPSA) is 41.1 Å². The monoisotopic (exact) mass is 190 g/mol. The minimum Gasteiger partial charge on any atom is -0.391 e. The van der Waals surface area contributed by atoms with E-state index in [0.717, 1.165) is 11.4 Å². The molecule has 0 unspecified atom stereocenters. The van der Waals surface area contributed by atoms with Crippen LogP contribution in [0.25, 0.3) is 0 Å². The molecule has 1 rings (SSSR count). The normalized spacial score (nSPS) is 10.9. The summed E-state index contributed by atoms with van der Waals surface area (Å²) in [5, 5.41) is 5.63. The second-order valence-electron chi connectivity index (χ2n) is 2.93. The Bertz CT molecular complexity index is 330. The summed E-state index contributed by atoms with van der Waals surface area (Å²) in [6.45, 7) is 1.84. The molecule has 0 spiro atoms. The Kier molecular flexibility index (Phi) is 3.73. The van der Waals surface area contributed by atoms with Crippen molar-refractivity contribution in [1.82, 2.24) is 5.32 Å². The highest BCUT2D eigenvalue weighted by atomic mass is 16.1. The molecule has 1 aromatic carbocycles. The van der Waals surface area contributed by atoms with E-state index in [2.05, 4.69) is 10.6 Å². The van der Waals surface area contributed by atoms with E-state index in [9.17, 15) is 4.79 Å². The lowest BCUT2D eigenvalue weighted by Crippen LogP contribution is -2.12. The van der Waals surface area contributed by atoms with Gasteiger partial charge < -0.3 is 10.6 Å². The van der Waals surface area contributed by atoms with E-state index in [-0.39, 0.29) is 5.91 Å². The van der Waals surface area contributed by atoms with E-state index >= 15 is 0 Å². The standard InChI is InChI=1S/C11H14N2O/c1-9(12-2)8-11(14)13-10-6-4-3-5-7-10/h3-8,12H,1-2H3,(H,13,14). The average molecular weight is 190 g/mol. The number of allylic oxidation sites excluding steroid dienone is 1. The molecular weight excluding hydrogens is 176 g/mol. The van der Waals surface area contributed by atoms with Crippen LogP contribution in [-0.4, -0.2) is 13.0 Å². The van der Waals surface area contributed by atoms with E-state index in [4.69, 9.17) is 0 Å². The van der Waals surface area contributed by atoms with Crippen molar-refractivity contribution < 1.29 is 4.79 Å². The second kappa shape index (κ2) is 5.07. The molecule has 1 aromatic rings. The van der Waals surface area contributed by atoms with E-state index in [1.54, 1.807) is 7.05 Å². The van der Waals surface area contributed by atoms with Gasteiger partial charge in [-0.1, -0.05) is 18.2 Å². The fourth-order valence-corrected chi connectivity index (χ4v) is 0.969. The number of carbonyl (C=O) groups excluding carboxylic acids is 1. The highest BCUT2D eigenvalue weighted by Gasteiger charge is 1.97. The molecule has 0 saturated carbocycles. The van der Waals surface area contributed by atoms with Crippen molar-refractivity contribution in [2.75, 3.05) is 12.4 Å². The molecule has 0 aliphatic rings. The Morgan fingerprint density at radius 1 is 1.29 bits per heavy atom. The van der Waals surface area contributed by atoms with Crippen LogP contribution in [0.5, 0.6) is 0 Å². The summed E-state index contributed by atoms with van der Waals surface area (Å²) in [5.41, 5.74) is 1.64. The van der Waals surface area contributed by atoms with Crippen LogP contribution in [0.2, 0.25) is 0 Å². The molecule has 0 aliphatic carbocycles. The number of benzene rings is 1. The number of hydrogen-bond donors (Lipinski definition) is 2. The highest BCUT2D eigenvalue weighted by Crippen LogP contribution is 2.04. The van der Waals surface area contributed by atoms with Crippen LogP contribution in [0.3, 0.4) is 0 Å². The quantitative estimate of drug-likeness (QED) is 0.713. The van der Waals surface area contributed by atoms with Crippen molar-refractivity contribution in [3.63, 3.8) is 0 Å². The van der Waals surface area contributed by atoms with Crippen molar-refractivity contribution in [1.29, 1.82) is 0 Å². The molecule has 3 heteroatoms. The zero-order valence-corrected chi connectivity index (χ0v) is 8.37. The summed E-state index contributed by atoms with van der Waals surface area (Å²) in [6, 6.07) is 9.36. The molecule has 74 valence electrons. The summed E-state index contributed by atoms with van der Waals surface area (Å²) in [4.78, 5) is 11.4. The van der Waals surface area contributed by atoms with Crippen molar-refractivity contribution in [2.45, 2.75) is 6.92 Å². The third-order valence-corrected chi connectivity index (χ3v) is 1.78. The van der Waals surface area contributed by atoms with Gasteiger partial charge in [-0.3, -0.25) is 4.79 Å². The van der Waals surface area contributed by atoms with Crippen LogP contribution in [-0.2, 0) is 4.79 Å². The molecule has 0 heterocycles. The Morgan fingerprint density at radius 2 is 1.93 bits per heavy atom. The Balaban J connectivity index is 2.58.